The lowest BCUT2D eigenvalue weighted by molar-refractivity contribution is 0.847. The van der Waals surface area contributed by atoms with E-state index >= 15 is 0 Å². The topological polar surface area (TPSA) is 37.8 Å². The molecule has 0 saturated carbocycles. The predicted molar refractivity (Wildman–Crippen MR) is 90.0 cm³/mol. The third-order valence-corrected chi connectivity index (χ3v) is 3.69. The molecule has 22 heavy (non-hydrogen) atoms. The van der Waals surface area contributed by atoms with Crippen LogP contribution in [0.2, 0.25) is 0 Å². The minimum absolute atomic E-state index is 0.290. The van der Waals surface area contributed by atoms with Crippen molar-refractivity contribution in [1.82, 2.24) is 9.97 Å². The number of anilines is 1. The summed E-state index contributed by atoms with van der Waals surface area (Å²) in [6.45, 7) is 2.77. The van der Waals surface area contributed by atoms with Gasteiger partial charge < -0.3 is 5.32 Å². The van der Waals surface area contributed by atoms with Gasteiger partial charge in [-0.15, -0.1) is 0 Å². The zero-order chi connectivity index (χ0) is 15.2. The van der Waals surface area contributed by atoms with E-state index in [0.717, 1.165) is 18.1 Å². The third kappa shape index (κ3) is 3.50. The van der Waals surface area contributed by atoms with Crippen molar-refractivity contribution in [1.29, 1.82) is 0 Å². The molecule has 0 saturated heterocycles. The average molecular weight is 289 g/mol. The van der Waals surface area contributed by atoms with Gasteiger partial charge in [-0.3, -0.25) is 0 Å². The van der Waals surface area contributed by atoms with Crippen LogP contribution in [0, 0.1) is 6.92 Å². The van der Waals surface area contributed by atoms with Gasteiger partial charge in [0.2, 0.25) is 0 Å². The van der Waals surface area contributed by atoms with Gasteiger partial charge in [0, 0.05) is 24.2 Å². The van der Waals surface area contributed by atoms with Crippen LogP contribution in [0.3, 0.4) is 0 Å². The first-order valence-electron chi connectivity index (χ1n) is 7.45. The van der Waals surface area contributed by atoms with Gasteiger partial charge in [0.15, 0.2) is 0 Å². The molecule has 3 aromatic rings. The Hall–Kier alpha value is -2.68. The summed E-state index contributed by atoms with van der Waals surface area (Å²) in [5.74, 6) is 1.15. The first kappa shape index (κ1) is 14.3. The molecule has 0 fully saturated rings. The van der Waals surface area contributed by atoms with Crippen LogP contribution in [0.1, 0.15) is 22.7 Å². The Morgan fingerprint density at radius 1 is 0.864 bits per heavy atom. The van der Waals surface area contributed by atoms with Crippen molar-refractivity contribution in [3.05, 3.63) is 89.9 Å². The zero-order valence-corrected chi connectivity index (χ0v) is 12.6. The monoisotopic (exact) mass is 289 g/mol. The quantitative estimate of drug-likeness (QED) is 0.770. The molecule has 2 aromatic carbocycles. The molecule has 0 spiro atoms. The largest absolute Gasteiger partial charge is 0.369 e. The molecule has 0 unspecified atom stereocenters. The first-order chi connectivity index (χ1) is 10.8. The predicted octanol–water partition coefficient (Wildman–Crippen LogP) is 4.03. The van der Waals surface area contributed by atoms with Gasteiger partial charge in [-0.25, -0.2) is 9.97 Å². The number of aromatic nitrogens is 2. The van der Waals surface area contributed by atoms with Gasteiger partial charge in [-0.05, 0) is 18.1 Å². The summed E-state index contributed by atoms with van der Waals surface area (Å²) in [6, 6.07) is 23.1. The Balaban J connectivity index is 1.83. The van der Waals surface area contributed by atoms with Crippen molar-refractivity contribution < 1.29 is 0 Å². The molecule has 0 radical (unpaired) electrons. The van der Waals surface area contributed by atoms with Gasteiger partial charge in [0.25, 0.3) is 0 Å². The number of hydrogen-bond acceptors (Lipinski definition) is 3. The molecule has 3 rings (SSSR count). The number of nitrogens with one attached hydrogen (secondary N) is 1. The highest BCUT2D eigenvalue weighted by molar-refractivity contribution is 5.39. The van der Waals surface area contributed by atoms with E-state index in [1.54, 1.807) is 6.33 Å². The highest BCUT2D eigenvalue weighted by atomic mass is 15.0. The molecular formula is C19H19N3. The Morgan fingerprint density at radius 3 is 2.00 bits per heavy atom. The van der Waals surface area contributed by atoms with E-state index in [0.29, 0.717) is 0 Å². The van der Waals surface area contributed by atoms with Crippen LogP contribution >= 0.6 is 0 Å². The molecule has 3 nitrogen and oxygen atoms in total. The van der Waals surface area contributed by atoms with Crippen LogP contribution in [-0.4, -0.2) is 16.5 Å². The smallest absolute Gasteiger partial charge is 0.129 e. The Kier molecular flexibility index (Phi) is 4.44. The standard InChI is InChI=1S/C19H19N3/c1-15-12-19(22-14-21-15)20-13-18(16-8-4-2-5-9-16)17-10-6-3-7-11-17/h2-12,14,18H,13H2,1H3,(H,20,21,22). The van der Waals surface area contributed by atoms with Gasteiger partial charge >= 0.3 is 0 Å². The summed E-state index contributed by atoms with van der Waals surface area (Å²) >= 11 is 0. The van der Waals surface area contributed by atoms with Crippen LogP contribution in [0.4, 0.5) is 5.82 Å². The summed E-state index contributed by atoms with van der Waals surface area (Å²) in [5, 5.41) is 3.43. The minimum atomic E-state index is 0.290. The molecular weight excluding hydrogens is 270 g/mol. The summed E-state index contributed by atoms with van der Waals surface area (Å²) in [7, 11) is 0. The molecule has 110 valence electrons. The third-order valence-electron chi connectivity index (χ3n) is 3.69. The van der Waals surface area contributed by atoms with E-state index in [-0.39, 0.29) is 5.92 Å². The molecule has 0 aliphatic carbocycles. The summed E-state index contributed by atoms with van der Waals surface area (Å²) in [6.07, 6.45) is 1.59. The number of hydrogen-bond donors (Lipinski definition) is 1. The lowest BCUT2D eigenvalue weighted by Gasteiger charge is -2.19. The lowest BCUT2D eigenvalue weighted by Crippen LogP contribution is -2.15. The first-order valence-corrected chi connectivity index (χ1v) is 7.45. The van der Waals surface area contributed by atoms with Crippen molar-refractivity contribution in [2.75, 3.05) is 11.9 Å². The second-order valence-corrected chi connectivity index (χ2v) is 5.30. The molecule has 1 heterocycles. The molecule has 0 bridgehead atoms. The van der Waals surface area contributed by atoms with Crippen LogP contribution in [0.5, 0.6) is 0 Å². The second-order valence-electron chi connectivity index (χ2n) is 5.30. The summed E-state index contributed by atoms with van der Waals surface area (Å²) < 4.78 is 0. The Morgan fingerprint density at radius 2 is 1.45 bits per heavy atom. The van der Waals surface area contributed by atoms with Crippen molar-refractivity contribution in [2.45, 2.75) is 12.8 Å². The molecule has 0 aliphatic rings. The summed E-state index contributed by atoms with van der Waals surface area (Å²) in [5.41, 5.74) is 3.56. The van der Waals surface area contributed by atoms with Gasteiger partial charge in [0.1, 0.15) is 12.1 Å². The van der Waals surface area contributed by atoms with E-state index in [9.17, 15) is 0 Å². The van der Waals surface area contributed by atoms with E-state index in [1.165, 1.54) is 11.1 Å². The van der Waals surface area contributed by atoms with E-state index in [4.69, 9.17) is 0 Å². The normalized spacial score (nSPS) is 10.6. The molecule has 3 heteroatoms. The fourth-order valence-electron chi connectivity index (χ4n) is 2.56. The second kappa shape index (κ2) is 6.85. The van der Waals surface area contributed by atoms with Crippen molar-refractivity contribution in [3.63, 3.8) is 0 Å². The van der Waals surface area contributed by atoms with E-state index in [1.807, 2.05) is 25.1 Å². The van der Waals surface area contributed by atoms with Crippen LogP contribution in [0.25, 0.3) is 0 Å². The maximum absolute atomic E-state index is 4.28. The molecule has 0 atom stereocenters. The number of aryl methyl sites for hydroxylation is 1. The van der Waals surface area contributed by atoms with Crippen molar-refractivity contribution in [3.8, 4) is 0 Å². The highest BCUT2D eigenvalue weighted by Gasteiger charge is 2.13. The zero-order valence-electron chi connectivity index (χ0n) is 12.6. The average Bonchev–Trinajstić information content (AvgIpc) is 2.57. The number of rotatable bonds is 5. The van der Waals surface area contributed by atoms with Gasteiger partial charge in [-0.2, -0.15) is 0 Å². The molecule has 1 aromatic heterocycles. The molecule has 0 amide bonds. The Bertz CT molecular complexity index is 672. The van der Waals surface area contributed by atoms with Crippen LogP contribution < -0.4 is 5.32 Å². The number of nitrogens with zero attached hydrogens (tertiary/aromatic N) is 2. The van der Waals surface area contributed by atoms with Crippen molar-refractivity contribution >= 4 is 5.82 Å². The molecule has 1 N–H and O–H groups in total. The fourth-order valence-corrected chi connectivity index (χ4v) is 2.56. The summed E-state index contributed by atoms with van der Waals surface area (Å²) in [4.78, 5) is 8.41. The minimum Gasteiger partial charge on any atom is -0.369 e. The van der Waals surface area contributed by atoms with Crippen LogP contribution in [-0.2, 0) is 0 Å². The van der Waals surface area contributed by atoms with E-state index in [2.05, 4.69) is 63.8 Å². The fraction of sp³-hybridized carbons (Fsp3) is 0.158. The lowest BCUT2D eigenvalue weighted by atomic mass is 9.91. The SMILES string of the molecule is Cc1cc(NCC(c2ccccc2)c2ccccc2)ncn1. The maximum atomic E-state index is 4.28. The Labute approximate surface area is 131 Å². The van der Waals surface area contributed by atoms with Gasteiger partial charge in [0.05, 0.1) is 0 Å². The highest BCUT2D eigenvalue weighted by Crippen LogP contribution is 2.24. The molecule has 0 aliphatic heterocycles. The van der Waals surface area contributed by atoms with Crippen molar-refractivity contribution in [2.24, 2.45) is 0 Å². The number of benzene rings is 2. The van der Waals surface area contributed by atoms with E-state index < -0.39 is 0 Å². The van der Waals surface area contributed by atoms with Crippen LogP contribution in [0.15, 0.2) is 73.1 Å². The maximum Gasteiger partial charge on any atom is 0.129 e. The van der Waals surface area contributed by atoms with Gasteiger partial charge in [-0.1, -0.05) is 60.7 Å².